The number of nitrogens with one attached hydrogen (secondary N) is 1. The maximum Gasteiger partial charge on any atom is 0.169 e. The van der Waals surface area contributed by atoms with Crippen LogP contribution in [-0.4, -0.2) is 19.7 Å². The van der Waals surface area contributed by atoms with E-state index in [-0.39, 0.29) is 0 Å². The van der Waals surface area contributed by atoms with Gasteiger partial charge in [-0.25, -0.2) is 9.97 Å². The van der Waals surface area contributed by atoms with Crippen LogP contribution in [0.4, 0.5) is 5.82 Å². The van der Waals surface area contributed by atoms with Gasteiger partial charge in [0.25, 0.3) is 0 Å². The first kappa shape index (κ1) is 9.64. The van der Waals surface area contributed by atoms with E-state index in [0.717, 1.165) is 17.2 Å². The second-order valence-corrected chi connectivity index (χ2v) is 3.36. The van der Waals surface area contributed by atoms with Crippen LogP contribution in [0.5, 0.6) is 0 Å². The molecule has 0 saturated carbocycles. The van der Waals surface area contributed by atoms with Crippen molar-refractivity contribution in [2.75, 3.05) is 5.32 Å². The standard InChI is InChI=1S/C10H13N5/c1-8-4-3-5-11-10(8)12-6-9-13-7-15(2)14-9/h3-5,7H,6H2,1-2H3,(H,11,12). The molecule has 1 N–H and O–H groups in total. The fourth-order valence-electron chi connectivity index (χ4n) is 1.30. The summed E-state index contributed by atoms with van der Waals surface area (Å²) < 4.78 is 1.68. The maximum absolute atomic E-state index is 4.23. The van der Waals surface area contributed by atoms with Crippen molar-refractivity contribution in [3.8, 4) is 0 Å². The summed E-state index contributed by atoms with van der Waals surface area (Å²) in [7, 11) is 1.85. The molecule has 0 aliphatic heterocycles. The van der Waals surface area contributed by atoms with Gasteiger partial charge in [0.2, 0.25) is 0 Å². The first-order valence-electron chi connectivity index (χ1n) is 4.76. The molecule has 0 spiro atoms. The minimum atomic E-state index is 0.596. The predicted molar refractivity (Wildman–Crippen MR) is 57.3 cm³/mol. The molecule has 0 amide bonds. The smallest absolute Gasteiger partial charge is 0.169 e. The third kappa shape index (κ3) is 2.31. The van der Waals surface area contributed by atoms with Gasteiger partial charge in [-0.1, -0.05) is 6.07 Å². The maximum atomic E-state index is 4.23. The normalized spacial score (nSPS) is 10.3. The Hall–Kier alpha value is -1.91. The number of rotatable bonds is 3. The summed E-state index contributed by atoms with van der Waals surface area (Å²) in [5, 5.41) is 7.36. The third-order valence-corrected chi connectivity index (χ3v) is 2.07. The Bertz CT molecular complexity index is 449. The van der Waals surface area contributed by atoms with E-state index >= 15 is 0 Å². The minimum absolute atomic E-state index is 0.596. The van der Waals surface area contributed by atoms with Gasteiger partial charge < -0.3 is 5.32 Å². The van der Waals surface area contributed by atoms with Crippen LogP contribution in [0.1, 0.15) is 11.4 Å². The van der Waals surface area contributed by atoms with Gasteiger partial charge in [0.1, 0.15) is 12.1 Å². The Morgan fingerprint density at radius 2 is 2.27 bits per heavy atom. The highest BCUT2D eigenvalue weighted by atomic mass is 15.3. The number of hydrogen-bond donors (Lipinski definition) is 1. The van der Waals surface area contributed by atoms with E-state index in [0.29, 0.717) is 6.54 Å². The quantitative estimate of drug-likeness (QED) is 0.812. The number of aromatic nitrogens is 4. The third-order valence-electron chi connectivity index (χ3n) is 2.07. The highest BCUT2D eigenvalue weighted by Gasteiger charge is 2.00. The van der Waals surface area contributed by atoms with Crippen LogP contribution in [-0.2, 0) is 13.6 Å². The largest absolute Gasteiger partial charge is 0.362 e. The first-order chi connectivity index (χ1) is 7.25. The lowest BCUT2D eigenvalue weighted by molar-refractivity contribution is 0.747. The Morgan fingerprint density at radius 3 is 2.93 bits per heavy atom. The van der Waals surface area contributed by atoms with Crippen molar-refractivity contribution in [2.45, 2.75) is 13.5 Å². The summed E-state index contributed by atoms with van der Waals surface area (Å²) in [6, 6.07) is 3.93. The van der Waals surface area contributed by atoms with Gasteiger partial charge in [0, 0.05) is 13.2 Å². The van der Waals surface area contributed by atoms with E-state index in [1.54, 1.807) is 17.2 Å². The molecule has 2 aromatic rings. The van der Waals surface area contributed by atoms with Crippen LogP contribution in [0.2, 0.25) is 0 Å². The molecular weight excluding hydrogens is 190 g/mol. The van der Waals surface area contributed by atoms with Crippen LogP contribution in [0.15, 0.2) is 24.7 Å². The molecular formula is C10H13N5. The summed E-state index contributed by atoms with van der Waals surface area (Å²) >= 11 is 0. The Morgan fingerprint density at radius 1 is 1.40 bits per heavy atom. The van der Waals surface area contributed by atoms with Crippen molar-refractivity contribution in [1.82, 2.24) is 19.7 Å². The fourth-order valence-corrected chi connectivity index (χ4v) is 1.30. The van der Waals surface area contributed by atoms with Gasteiger partial charge >= 0.3 is 0 Å². The molecule has 5 heteroatoms. The Labute approximate surface area is 88.2 Å². The SMILES string of the molecule is Cc1cccnc1NCc1ncn(C)n1. The van der Waals surface area contributed by atoms with Gasteiger partial charge in [-0.2, -0.15) is 5.10 Å². The van der Waals surface area contributed by atoms with Crippen molar-refractivity contribution in [3.05, 3.63) is 36.0 Å². The van der Waals surface area contributed by atoms with Crippen molar-refractivity contribution >= 4 is 5.82 Å². The van der Waals surface area contributed by atoms with Gasteiger partial charge in [0.15, 0.2) is 5.82 Å². The zero-order valence-electron chi connectivity index (χ0n) is 8.81. The van der Waals surface area contributed by atoms with Crippen molar-refractivity contribution in [3.63, 3.8) is 0 Å². The van der Waals surface area contributed by atoms with Crippen molar-refractivity contribution in [1.29, 1.82) is 0 Å². The van der Waals surface area contributed by atoms with Crippen LogP contribution in [0, 0.1) is 6.92 Å². The summed E-state index contributed by atoms with van der Waals surface area (Å²) in [5.41, 5.74) is 1.12. The lowest BCUT2D eigenvalue weighted by Gasteiger charge is -2.05. The van der Waals surface area contributed by atoms with Gasteiger partial charge in [0.05, 0.1) is 6.54 Å². The average molecular weight is 203 g/mol. The van der Waals surface area contributed by atoms with Gasteiger partial charge in [-0.3, -0.25) is 4.68 Å². The number of nitrogens with zero attached hydrogens (tertiary/aromatic N) is 4. The first-order valence-corrected chi connectivity index (χ1v) is 4.76. The highest BCUT2D eigenvalue weighted by molar-refractivity contribution is 5.42. The molecule has 0 bridgehead atoms. The summed E-state index contributed by atoms with van der Waals surface area (Å²) in [6.07, 6.45) is 3.45. The highest BCUT2D eigenvalue weighted by Crippen LogP contribution is 2.09. The summed E-state index contributed by atoms with van der Waals surface area (Å²) in [5.74, 6) is 1.65. The fraction of sp³-hybridized carbons (Fsp3) is 0.300. The minimum Gasteiger partial charge on any atom is -0.362 e. The summed E-state index contributed by atoms with van der Waals surface area (Å²) in [4.78, 5) is 8.35. The number of aryl methyl sites for hydroxylation is 2. The molecule has 0 saturated heterocycles. The molecule has 0 aromatic carbocycles. The number of hydrogen-bond acceptors (Lipinski definition) is 4. The van der Waals surface area contributed by atoms with E-state index in [1.165, 1.54) is 0 Å². The molecule has 0 aliphatic carbocycles. The summed E-state index contributed by atoms with van der Waals surface area (Å²) in [6.45, 7) is 2.61. The van der Waals surface area contributed by atoms with Crippen LogP contribution < -0.4 is 5.32 Å². The molecule has 0 radical (unpaired) electrons. The van der Waals surface area contributed by atoms with Crippen LogP contribution in [0.3, 0.4) is 0 Å². The van der Waals surface area contributed by atoms with E-state index in [1.807, 2.05) is 26.1 Å². The predicted octanol–water partition coefficient (Wildman–Crippen LogP) is 1.13. The average Bonchev–Trinajstić information content (AvgIpc) is 2.63. The number of pyridine rings is 1. The van der Waals surface area contributed by atoms with E-state index < -0.39 is 0 Å². The molecule has 0 aliphatic rings. The lowest BCUT2D eigenvalue weighted by Crippen LogP contribution is -2.04. The zero-order valence-corrected chi connectivity index (χ0v) is 8.81. The second kappa shape index (κ2) is 4.08. The molecule has 15 heavy (non-hydrogen) atoms. The molecule has 0 atom stereocenters. The van der Waals surface area contributed by atoms with Gasteiger partial charge in [-0.15, -0.1) is 0 Å². The molecule has 2 heterocycles. The van der Waals surface area contributed by atoms with Gasteiger partial charge in [-0.05, 0) is 18.6 Å². The lowest BCUT2D eigenvalue weighted by atomic mass is 10.3. The molecule has 0 fully saturated rings. The van der Waals surface area contributed by atoms with Crippen LogP contribution >= 0.6 is 0 Å². The molecule has 5 nitrogen and oxygen atoms in total. The van der Waals surface area contributed by atoms with E-state index in [2.05, 4.69) is 20.4 Å². The molecule has 2 rings (SSSR count). The monoisotopic (exact) mass is 203 g/mol. The molecule has 0 unspecified atom stereocenters. The molecule has 78 valence electrons. The Balaban J connectivity index is 2.02. The van der Waals surface area contributed by atoms with Crippen molar-refractivity contribution < 1.29 is 0 Å². The second-order valence-electron chi connectivity index (χ2n) is 3.36. The zero-order chi connectivity index (χ0) is 10.7. The number of anilines is 1. The van der Waals surface area contributed by atoms with E-state index in [9.17, 15) is 0 Å². The molecule has 2 aromatic heterocycles. The topological polar surface area (TPSA) is 55.6 Å². The van der Waals surface area contributed by atoms with E-state index in [4.69, 9.17) is 0 Å². The Kier molecular flexibility index (Phi) is 2.62. The van der Waals surface area contributed by atoms with Crippen molar-refractivity contribution in [2.24, 2.45) is 7.05 Å². The van der Waals surface area contributed by atoms with Crippen LogP contribution in [0.25, 0.3) is 0 Å².